The van der Waals surface area contributed by atoms with Crippen LogP contribution in [0.1, 0.15) is 5.56 Å². The number of nitrogens with two attached hydrogens (primary N) is 1. The molecule has 0 fully saturated rings. The van der Waals surface area contributed by atoms with Crippen LogP contribution in [-0.2, 0) is 15.6 Å². The van der Waals surface area contributed by atoms with E-state index in [-0.39, 0.29) is 6.61 Å². The molecule has 0 aliphatic heterocycles. The summed E-state index contributed by atoms with van der Waals surface area (Å²) in [5.74, 6) is 0. The largest absolute Gasteiger partial charge is 0.407 e. The van der Waals surface area contributed by atoms with Crippen molar-refractivity contribution >= 4 is 20.0 Å². The summed E-state index contributed by atoms with van der Waals surface area (Å²) in [6, 6.07) is 7.52. The fraction of sp³-hybridized carbons (Fsp3) is 0.333. The van der Waals surface area contributed by atoms with Gasteiger partial charge in [0.2, 0.25) is 0 Å². The van der Waals surface area contributed by atoms with Crippen molar-refractivity contribution in [2.24, 2.45) is 0 Å². The Morgan fingerprint density at radius 2 is 1.50 bits per heavy atom. The lowest BCUT2D eigenvalue weighted by atomic mass is 10.1. The highest BCUT2D eigenvalue weighted by Crippen LogP contribution is 2.71. The summed E-state index contributed by atoms with van der Waals surface area (Å²) >= 11 is 0. The highest BCUT2D eigenvalue weighted by atomic mass is 32.1. The molecular weight excluding hydrogens is 280 g/mol. The van der Waals surface area contributed by atoms with Gasteiger partial charge in [-0.05, 0) is 24.1 Å². The van der Waals surface area contributed by atoms with Crippen molar-refractivity contribution in [3.05, 3.63) is 29.8 Å². The SMILES string of the molecule is CP(=O)(O)P(=O)(O)O.Nc1ccc(CCO)cc1. The van der Waals surface area contributed by atoms with E-state index in [0.29, 0.717) is 13.1 Å². The molecule has 0 amide bonds. The molecular formula is C9H17NO6P2. The third-order valence-electron chi connectivity index (χ3n) is 1.86. The zero-order valence-electron chi connectivity index (χ0n) is 9.80. The van der Waals surface area contributed by atoms with Gasteiger partial charge in [-0.1, -0.05) is 12.1 Å². The van der Waals surface area contributed by atoms with Gasteiger partial charge < -0.3 is 25.5 Å². The molecule has 1 rings (SSSR count). The van der Waals surface area contributed by atoms with Crippen LogP contribution in [-0.4, -0.2) is 33.1 Å². The van der Waals surface area contributed by atoms with Gasteiger partial charge in [0.1, 0.15) is 0 Å². The van der Waals surface area contributed by atoms with Crippen molar-refractivity contribution in [3.8, 4) is 0 Å². The number of anilines is 1. The zero-order chi connectivity index (χ0) is 14.4. The lowest BCUT2D eigenvalue weighted by Gasteiger charge is -2.04. The van der Waals surface area contributed by atoms with Gasteiger partial charge in [-0.25, -0.2) is 4.57 Å². The molecule has 0 aromatic heterocycles. The Labute approximate surface area is 105 Å². The first-order chi connectivity index (χ1) is 8.08. The molecule has 7 nitrogen and oxygen atoms in total. The van der Waals surface area contributed by atoms with Gasteiger partial charge in [0.25, 0.3) is 0 Å². The Morgan fingerprint density at radius 3 is 1.78 bits per heavy atom. The lowest BCUT2D eigenvalue weighted by Crippen LogP contribution is -1.90. The molecule has 18 heavy (non-hydrogen) atoms. The molecule has 0 radical (unpaired) electrons. The van der Waals surface area contributed by atoms with E-state index >= 15 is 0 Å². The third kappa shape index (κ3) is 6.91. The van der Waals surface area contributed by atoms with Crippen LogP contribution in [0.3, 0.4) is 0 Å². The number of nitrogen functional groups attached to an aromatic ring is 1. The monoisotopic (exact) mass is 297 g/mol. The highest BCUT2D eigenvalue weighted by molar-refractivity contribution is 8.28. The minimum absolute atomic E-state index is 0.198. The smallest absolute Gasteiger partial charge is 0.399 e. The molecule has 0 saturated carbocycles. The predicted octanol–water partition coefficient (Wildman–Crippen LogP) is 0.783. The summed E-state index contributed by atoms with van der Waals surface area (Å²) in [5.41, 5.74) is 7.35. The van der Waals surface area contributed by atoms with Crippen LogP contribution in [0.5, 0.6) is 0 Å². The van der Waals surface area contributed by atoms with E-state index in [2.05, 4.69) is 0 Å². The van der Waals surface area contributed by atoms with Crippen LogP contribution >= 0.6 is 14.3 Å². The summed E-state index contributed by atoms with van der Waals surface area (Å²) in [4.78, 5) is 24.1. The van der Waals surface area contributed by atoms with E-state index in [1.54, 1.807) is 0 Å². The summed E-state index contributed by atoms with van der Waals surface area (Å²) in [6.07, 6.45) is 0.709. The minimum Gasteiger partial charge on any atom is -0.399 e. The van der Waals surface area contributed by atoms with Crippen LogP contribution in [0.4, 0.5) is 5.69 Å². The molecule has 1 unspecified atom stereocenters. The highest BCUT2D eigenvalue weighted by Gasteiger charge is 2.33. The van der Waals surface area contributed by atoms with Crippen molar-refractivity contribution < 1.29 is 28.9 Å². The maximum Gasteiger partial charge on any atom is 0.407 e. The average molecular weight is 297 g/mol. The lowest BCUT2D eigenvalue weighted by molar-refractivity contribution is 0.299. The fourth-order valence-electron chi connectivity index (χ4n) is 0.813. The van der Waals surface area contributed by atoms with Gasteiger partial charge in [-0.3, -0.25) is 4.57 Å². The zero-order valence-corrected chi connectivity index (χ0v) is 11.6. The Balaban J connectivity index is 0.000000331. The first-order valence-electron chi connectivity index (χ1n) is 4.89. The van der Waals surface area contributed by atoms with Gasteiger partial charge in [-0.15, -0.1) is 0 Å². The predicted molar refractivity (Wildman–Crippen MR) is 69.4 cm³/mol. The fourth-order valence-corrected chi connectivity index (χ4v) is 0.813. The molecule has 1 aromatic carbocycles. The van der Waals surface area contributed by atoms with Crippen LogP contribution < -0.4 is 5.73 Å². The van der Waals surface area contributed by atoms with Crippen LogP contribution in [0.2, 0.25) is 0 Å². The van der Waals surface area contributed by atoms with Gasteiger partial charge in [0.05, 0.1) is 0 Å². The molecule has 0 aliphatic rings. The van der Waals surface area contributed by atoms with Crippen molar-refractivity contribution in [2.45, 2.75) is 6.42 Å². The summed E-state index contributed by atoms with van der Waals surface area (Å²) in [5, 5.41) is 8.56. The molecule has 9 heteroatoms. The van der Waals surface area contributed by atoms with Gasteiger partial charge in [0.15, 0.2) is 0 Å². The third-order valence-corrected chi connectivity index (χ3v) is 5.73. The van der Waals surface area contributed by atoms with Crippen LogP contribution in [0.15, 0.2) is 24.3 Å². The van der Waals surface area contributed by atoms with E-state index in [1.807, 2.05) is 24.3 Å². The van der Waals surface area contributed by atoms with Gasteiger partial charge >= 0.3 is 14.3 Å². The van der Waals surface area contributed by atoms with Crippen molar-refractivity contribution in [1.82, 2.24) is 0 Å². The van der Waals surface area contributed by atoms with Gasteiger partial charge in [-0.2, -0.15) is 0 Å². The molecule has 0 bridgehead atoms. The molecule has 0 aliphatic carbocycles. The number of aliphatic hydroxyl groups is 1. The normalized spacial score (nSPS) is 14.3. The minimum atomic E-state index is -4.74. The second-order valence-corrected chi connectivity index (χ2v) is 10.1. The number of rotatable bonds is 3. The topological polar surface area (TPSA) is 141 Å². The van der Waals surface area contributed by atoms with Crippen LogP contribution in [0.25, 0.3) is 0 Å². The van der Waals surface area contributed by atoms with Crippen LogP contribution in [0, 0.1) is 0 Å². The Morgan fingerprint density at radius 1 is 1.11 bits per heavy atom. The van der Waals surface area contributed by atoms with E-state index in [4.69, 9.17) is 25.5 Å². The average Bonchev–Trinajstić information content (AvgIpc) is 2.20. The Bertz CT molecular complexity index is 429. The second-order valence-electron chi connectivity index (χ2n) is 3.56. The molecule has 1 aromatic rings. The molecule has 1 atom stereocenters. The van der Waals surface area contributed by atoms with E-state index < -0.39 is 14.3 Å². The quantitative estimate of drug-likeness (QED) is 0.410. The maximum atomic E-state index is 10.0. The molecule has 104 valence electrons. The summed E-state index contributed by atoms with van der Waals surface area (Å²) in [6.45, 7) is 0.817. The number of hydrogen-bond acceptors (Lipinski definition) is 4. The number of aliphatic hydroxyl groups excluding tert-OH is 1. The van der Waals surface area contributed by atoms with E-state index in [9.17, 15) is 9.13 Å². The van der Waals surface area contributed by atoms with E-state index in [1.165, 1.54) is 0 Å². The standard InChI is InChI=1S/C8H11NO.CH6O5P2/c9-8-3-1-7(2-4-8)5-6-10;1-7(2,3)8(4,5)6/h1-4,10H,5-6,9H2;1H3,(H,2,3)(H2,4,5,6). The van der Waals surface area contributed by atoms with Crippen molar-refractivity contribution in [2.75, 3.05) is 19.0 Å². The second kappa shape index (κ2) is 7.04. The van der Waals surface area contributed by atoms with Gasteiger partial charge in [0, 0.05) is 19.0 Å². The number of benzene rings is 1. The Hall–Kier alpha value is -0.680. The first-order valence-corrected chi connectivity index (χ1v) is 9.32. The molecule has 0 spiro atoms. The first kappa shape index (κ1) is 17.3. The number of hydrogen-bond donors (Lipinski definition) is 5. The summed E-state index contributed by atoms with van der Waals surface area (Å²) < 4.78 is 19.9. The maximum absolute atomic E-state index is 10.0. The molecule has 0 heterocycles. The summed E-state index contributed by atoms with van der Waals surface area (Å²) in [7, 11) is -8.92. The van der Waals surface area contributed by atoms with Crippen molar-refractivity contribution in [1.29, 1.82) is 0 Å². The molecule has 0 saturated heterocycles. The molecule has 6 N–H and O–H groups in total. The van der Waals surface area contributed by atoms with Crippen molar-refractivity contribution in [3.63, 3.8) is 0 Å². The van der Waals surface area contributed by atoms with E-state index in [0.717, 1.165) is 11.3 Å². The Kier molecular flexibility index (Phi) is 6.78.